The molecular weight excluding hydrogens is 382 g/mol. The molecule has 2 rings (SSSR count). The number of rotatable bonds is 4. The minimum absolute atomic E-state index is 0.0280. The highest BCUT2D eigenvalue weighted by atomic mass is 35.5. The van der Waals surface area contributed by atoms with E-state index in [4.69, 9.17) is 28.9 Å². The summed E-state index contributed by atoms with van der Waals surface area (Å²) in [6.45, 7) is 4.18. The molecule has 0 saturated carbocycles. The fraction of sp³-hybridized carbons (Fsp3) is 0.167. The van der Waals surface area contributed by atoms with Crippen LogP contribution in [0, 0.1) is 0 Å². The predicted octanol–water partition coefficient (Wildman–Crippen LogP) is 3.73. The zero-order chi connectivity index (χ0) is 19.4. The first-order chi connectivity index (χ1) is 12.3. The summed E-state index contributed by atoms with van der Waals surface area (Å²) < 4.78 is 12.9. The van der Waals surface area contributed by atoms with Crippen LogP contribution >= 0.6 is 23.2 Å². The van der Waals surface area contributed by atoms with Gasteiger partial charge in [-0.3, -0.25) is 4.79 Å². The van der Waals surface area contributed by atoms with Crippen LogP contribution in [0.1, 0.15) is 11.1 Å². The SMILES string of the molecule is C=C(/C=C\C(F)=C/N)/C=C/C(=O)N1CCc2c(Cl)c(O)c(O)c(Cl)c2C1. The van der Waals surface area contributed by atoms with Crippen molar-refractivity contribution < 1.29 is 19.4 Å². The lowest BCUT2D eigenvalue weighted by molar-refractivity contribution is -0.126. The molecule has 0 aliphatic carbocycles. The van der Waals surface area contributed by atoms with Gasteiger partial charge in [0.15, 0.2) is 11.5 Å². The first-order valence-electron chi connectivity index (χ1n) is 7.58. The van der Waals surface area contributed by atoms with Crippen molar-refractivity contribution in [2.45, 2.75) is 13.0 Å². The number of hydrogen-bond donors (Lipinski definition) is 3. The van der Waals surface area contributed by atoms with Gasteiger partial charge in [-0.15, -0.1) is 0 Å². The fourth-order valence-electron chi connectivity index (χ4n) is 2.47. The van der Waals surface area contributed by atoms with Crippen molar-refractivity contribution in [3.63, 3.8) is 0 Å². The van der Waals surface area contributed by atoms with E-state index in [1.54, 1.807) is 0 Å². The molecule has 0 fully saturated rings. The van der Waals surface area contributed by atoms with Gasteiger partial charge in [0.25, 0.3) is 0 Å². The van der Waals surface area contributed by atoms with Gasteiger partial charge in [0.05, 0.1) is 10.0 Å². The van der Waals surface area contributed by atoms with Gasteiger partial charge in [0.1, 0.15) is 5.83 Å². The van der Waals surface area contributed by atoms with Gasteiger partial charge < -0.3 is 20.8 Å². The second-order valence-corrected chi connectivity index (χ2v) is 6.34. The number of benzene rings is 1. The van der Waals surface area contributed by atoms with Gasteiger partial charge in [-0.1, -0.05) is 41.9 Å². The van der Waals surface area contributed by atoms with Gasteiger partial charge in [-0.25, -0.2) is 4.39 Å². The number of allylic oxidation sites excluding steroid dienone is 5. The summed E-state index contributed by atoms with van der Waals surface area (Å²) >= 11 is 12.1. The number of phenols is 2. The summed E-state index contributed by atoms with van der Waals surface area (Å²) in [5.74, 6) is -1.89. The number of nitrogens with zero attached hydrogens (tertiary/aromatic N) is 1. The summed E-state index contributed by atoms with van der Waals surface area (Å²) in [4.78, 5) is 13.8. The Hall–Kier alpha value is -2.44. The third kappa shape index (κ3) is 4.20. The van der Waals surface area contributed by atoms with E-state index in [1.807, 2.05) is 0 Å². The predicted molar refractivity (Wildman–Crippen MR) is 99.7 cm³/mol. The molecule has 1 aliphatic heterocycles. The smallest absolute Gasteiger partial charge is 0.246 e. The quantitative estimate of drug-likeness (QED) is 0.409. The van der Waals surface area contributed by atoms with Gasteiger partial charge in [0.2, 0.25) is 5.91 Å². The van der Waals surface area contributed by atoms with Gasteiger partial charge in [0, 0.05) is 25.4 Å². The molecule has 1 heterocycles. The number of phenolic OH excluding ortho intramolecular Hbond substituents is 2. The monoisotopic (exact) mass is 398 g/mol. The molecule has 0 unspecified atom stereocenters. The molecule has 1 aromatic rings. The van der Waals surface area contributed by atoms with Crippen LogP contribution in [-0.4, -0.2) is 27.6 Å². The van der Waals surface area contributed by atoms with E-state index in [-0.39, 0.29) is 22.5 Å². The maximum Gasteiger partial charge on any atom is 0.246 e. The Bertz CT molecular complexity index is 848. The molecule has 0 saturated heterocycles. The largest absolute Gasteiger partial charge is 0.503 e. The van der Waals surface area contributed by atoms with Crippen molar-refractivity contribution in [1.29, 1.82) is 0 Å². The second-order valence-electron chi connectivity index (χ2n) is 5.59. The van der Waals surface area contributed by atoms with Crippen LogP contribution in [0.5, 0.6) is 11.5 Å². The number of halogens is 3. The number of hydrogen-bond acceptors (Lipinski definition) is 4. The van der Waals surface area contributed by atoms with Crippen molar-refractivity contribution in [2.24, 2.45) is 5.73 Å². The molecule has 8 heteroatoms. The number of aromatic hydroxyl groups is 2. The van der Waals surface area contributed by atoms with Crippen molar-refractivity contribution in [2.75, 3.05) is 6.54 Å². The van der Waals surface area contributed by atoms with Crippen molar-refractivity contribution in [1.82, 2.24) is 4.90 Å². The Morgan fingerprint density at radius 1 is 1.12 bits per heavy atom. The van der Waals surface area contributed by atoms with Crippen molar-refractivity contribution >= 4 is 29.1 Å². The van der Waals surface area contributed by atoms with E-state index < -0.39 is 17.3 Å². The number of carbonyl (C=O) groups is 1. The average Bonchev–Trinajstić information content (AvgIpc) is 2.66. The molecule has 0 bridgehead atoms. The van der Waals surface area contributed by atoms with E-state index >= 15 is 0 Å². The number of amides is 1. The highest BCUT2D eigenvalue weighted by Gasteiger charge is 2.27. The Labute approximate surface area is 160 Å². The highest BCUT2D eigenvalue weighted by molar-refractivity contribution is 6.36. The van der Waals surface area contributed by atoms with Crippen molar-refractivity contribution in [3.8, 4) is 11.5 Å². The number of carbonyl (C=O) groups excluding carboxylic acids is 1. The second kappa shape index (κ2) is 8.29. The lowest BCUT2D eigenvalue weighted by Gasteiger charge is -2.30. The molecule has 138 valence electrons. The van der Waals surface area contributed by atoms with Gasteiger partial charge in [-0.05, 0) is 29.2 Å². The summed E-state index contributed by atoms with van der Waals surface area (Å²) in [5.41, 5.74) is 6.52. The summed E-state index contributed by atoms with van der Waals surface area (Å²) in [6, 6.07) is 0. The number of fused-ring (bicyclic) bond motifs is 1. The summed E-state index contributed by atoms with van der Waals surface area (Å²) in [6.07, 6.45) is 6.45. The third-order valence-corrected chi connectivity index (χ3v) is 4.70. The zero-order valence-electron chi connectivity index (χ0n) is 13.7. The maximum absolute atomic E-state index is 12.9. The van der Waals surface area contributed by atoms with Crippen LogP contribution < -0.4 is 5.73 Å². The minimum Gasteiger partial charge on any atom is -0.503 e. The molecule has 0 spiro atoms. The van der Waals surface area contributed by atoms with Crippen LogP contribution in [0.3, 0.4) is 0 Å². The molecule has 4 N–H and O–H groups in total. The van der Waals surface area contributed by atoms with Gasteiger partial charge >= 0.3 is 0 Å². The lowest BCUT2D eigenvalue weighted by atomic mass is 9.98. The molecule has 0 atom stereocenters. The fourth-order valence-corrected chi connectivity index (χ4v) is 3.03. The Balaban J connectivity index is 2.14. The van der Waals surface area contributed by atoms with E-state index in [2.05, 4.69) is 6.58 Å². The molecule has 0 radical (unpaired) electrons. The Morgan fingerprint density at radius 2 is 1.69 bits per heavy atom. The van der Waals surface area contributed by atoms with Crippen molar-refractivity contribution in [3.05, 3.63) is 69.7 Å². The molecule has 1 aromatic carbocycles. The molecular formula is C18H17Cl2FN2O3. The van der Waals surface area contributed by atoms with E-state index in [0.29, 0.717) is 29.7 Å². The Morgan fingerprint density at radius 3 is 2.31 bits per heavy atom. The first-order valence-corrected chi connectivity index (χ1v) is 8.33. The third-order valence-electron chi connectivity index (χ3n) is 3.88. The van der Waals surface area contributed by atoms with E-state index in [1.165, 1.54) is 23.1 Å². The summed E-state index contributed by atoms with van der Waals surface area (Å²) in [7, 11) is 0. The van der Waals surface area contributed by atoms with Crippen LogP contribution in [0.4, 0.5) is 4.39 Å². The highest BCUT2D eigenvalue weighted by Crippen LogP contribution is 2.46. The normalized spacial score (nSPS) is 14.9. The molecule has 26 heavy (non-hydrogen) atoms. The van der Waals surface area contributed by atoms with Crippen LogP contribution in [0.15, 0.2) is 48.5 Å². The lowest BCUT2D eigenvalue weighted by Crippen LogP contribution is -2.35. The van der Waals surface area contributed by atoms with Crippen LogP contribution in [-0.2, 0) is 17.8 Å². The van der Waals surface area contributed by atoms with E-state index in [0.717, 1.165) is 12.3 Å². The van der Waals surface area contributed by atoms with Crippen LogP contribution in [0.25, 0.3) is 0 Å². The molecule has 1 amide bonds. The first kappa shape index (κ1) is 19.9. The van der Waals surface area contributed by atoms with E-state index in [9.17, 15) is 19.4 Å². The summed E-state index contributed by atoms with van der Waals surface area (Å²) in [5, 5.41) is 19.6. The average molecular weight is 399 g/mol. The molecule has 5 nitrogen and oxygen atoms in total. The standard InChI is InChI=1S/C18H17Cl2FN2O3/c1-10(2-4-11(21)8-22)3-5-14(24)23-7-6-12-13(9-23)16(20)18(26)17(25)15(12)19/h2-5,8,25-26H,1,6-7,9,22H2/b4-2-,5-3+,11-8+. The minimum atomic E-state index is -0.618. The molecule has 1 aliphatic rings. The zero-order valence-corrected chi connectivity index (χ0v) is 15.2. The maximum atomic E-state index is 12.9. The Kier molecular flexibility index (Phi) is 6.34. The topological polar surface area (TPSA) is 86.8 Å². The molecule has 0 aromatic heterocycles. The number of nitrogens with two attached hydrogens (primary N) is 1. The van der Waals surface area contributed by atoms with Gasteiger partial charge in [-0.2, -0.15) is 0 Å². The van der Waals surface area contributed by atoms with Crippen LogP contribution in [0.2, 0.25) is 10.0 Å².